The molecule has 1 atom stereocenters. The summed E-state index contributed by atoms with van der Waals surface area (Å²) in [6.45, 7) is 0.757. The predicted octanol–water partition coefficient (Wildman–Crippen LogP) is 6.95. The van der Waals surface area contributed by atoms with Crippen molar-refractivity contribution in [3.63, 3.8) is 0 Å². The van der Waals surface area contributed by atoms with Crippen molar-refractivity contribution in [2.24, 2.45) is 5.92 Å². The van der Waals surface area contributed by atoms with Crippen LogP contribution in [0.5, 0.6) is 0 Å². The van der Waals surface area contributed by atoms with E-state index in [1.165, 1.54) is 27.7 Å². The van der Waals surface area contributed by atoms with Gasteiger partial charge in [0.1, 0.15) is 0 Å². The number of nitrogens with zero attached hydrogens (tertiary/aromatic N) is 2. The average molecular weight is 504 g/mol. The summed E-state index contributed by atoms with van der Waals surface area (Å²) in [4.78, 5) is 22.2. The lowest BCUT2D eigenvalue weighted by molar-refractivity contribution is -0.136. The molecule has 1 aliphatic carbocycles. The molecule has 2 aliphatic rings. The number of amides is 1. The number of fused-ring (bicyclic) bond motifs is 4. The van der Waals surface area contributed by atoms with Crippen molar-refractivity contribution in [2.45, 2.75) is 43.7 Å². The Balaban J connectivity index is 1.35. The van der Waals surface area contributed by atoms with Crippen LogP contribution in [0.3, 0.4) is 0 Å². The van der Waals surface area contributed by atoms with E-state index in [1.54, 1.807) is 6.08 Å². The molecule has 1 unspecified atom stereocenters. The first-order chi connectivity index (χ1) is 18.6. The van der Waals surface area contributed by atoms with Crippen molar-refractivity contribution in [2.75, 3.05) is 20.6 Å². The molecule has 0 saturated heterocycles. The topological polar surface area (TPSA) is 39.3 Å². The lowest BCUT2D eigenvalue weighted by Gasteiger charge is -2.51. The minimum atomic E-state index is -0.297. The minimum absolute atomic E-state index is 0.115. The molecule has 4 aromatic rings. The minimum Gasteiger partial charge on any atom is -0.356 e. The molecule has 6 rings (SSSR count). The van der Waals surface area contributed by atoms with Gasteiger partial charge in [-0.2, -0.15) is 0 Å². The first-order valence-electron chi connectivity index (χ1n) is 13.9. The second-order valence-electron chi connectivity index (χ2n) is 11.2. The number of para-hydroxylation sites is 1. The van der Waals surface area contributed by atoms with E-state index in [-0.39, 0.29) is 11.4 Å². The van der Waals surface area contributed by atoms with Crippen LogP contribution in [-0.4, -0.2) is 41.3 Å². The Kier molecular flexibility index (Phi) is 6.67. The van der Waals surface area contributed by atoms with Gasteiger partial charge in [0, 0.05) is 35.3 Å². The molecule has 4 heteroatoms. The van der Waals surface area contributed by atoms with Crippen LogP contribution >= 0.6 is 0 Å². The van der Waals surface area contributed by atoms with Crippen LogP contribution in [0.1, 0.15) is 54.1 Å². The van der Waals surface area contributed by atoms with E-state index in [9.17, 15) is 4.79 Å². The molecule has 0 radical (unpaired) electrons. The van der Waals surface area contributed by atoms with Gasteiger partial charge in [-0.15, -0.1) is 0 Å². The van der Waals surface area contributed by atoms with Crippen LogP contribution < -0.4 is 0 Å². The summed E-state index contributed by atoms with van der Waals surface area (Å²) in [6.07, 6.45) is 8.74. The zero-order chi connectivity index (χ0) is 26.1. The summed E-state index contributed by atoms with van der Waals surface area (Å²) in [5.41, 5.74) is 6.00. The molecule has 1 N–H and O–H groups in total. The van der Waals surface area contributed by atoms with Gasteiger partial charge in [-0.1, -0.05) is 78.9 Å². The lowest BCUT2D eigenvalue weighted by atomic mass is 9.68. The van der Waals surface area contributed by atoms with Gasteiger partial charge in [-0.05, 0) is 81.0 Å². The van der Waals surface area contributed by atoms with Crippen LogP contribution in [-0.2, 0) is 16.8 Å². The number of benzene rings is 3. The molecule has 0 bridgehead atoms. The fourth-order valence-electron chi connectivity index (χ4n) is 7.17. The van der Waals surface area contributed by atoms with Crippen LogP contribution in [0.15, 0.2) is 91.0 Å². The number of aromatic amines is 1. The third-order valence-corrected chi connectivity index (χ3v) is 8.87. The number of H-pyrrole nitrogens is 1. The summed E-state index contributed by atoms with van der Waals surface area (Å²) < 4.78 is 0. The Morgan fingerprint density at radius 3 is 2.32 bits per heavy atom. The van der Waals surface area contributed by atoms with Crippen LogP contribution in [0.2, 0.25) is 0 Å². The first kappa shape index (κ1) is 24.7. The van der Waals surface area contributed by atoms with Gasteiger partial charge in [-0.25, -0.2) is 0 Å². The summed E-state index contributed by atoms with van der Waals surface area (Å²) in [7, 11) is 4.39. The van der Waals surface area contributed by atoms with Crippen molar-refractivity contribution >= 4 is 22.9 Å². The smallest absolute Gasteiger partial charge is 0.247 e. The van der Waals surface area contributed by atoms with Crippen molar-refractivity contribution in [1.29, 1.82) is 0 Å². The Morgan fingerprint density at radius 2 is 1.61 bits per heavy atom. The SMILES string of the molecule is CN(C)C(c1ccccc1)C1CCC2(CC1)c1[nH]c3ccccc3c1CCN2C(=O)C=Cc1ccccc1. The molecule has 1 spiro atoms. The molecule has 3 aromatic carbocycles. The van der Waals surface area contributed by atoms with Crippen LogP contribution in [0.25, 0.3) is 17.0 Å². The van der Waals surface area contributed by atoms with Crippen molar-refractivity contribution in [3.05, 3.63) is 113 Å². The van der Waals surface area contributed by atoms with Crippen molar-refractivity contribution < 1.29 is 4.79 Å². The summed E-state index contributed by atoms with van der Waals surface area (Å²) in [5.74, 6) is 0.661. The van der Waals surface area contributed by atoms with Gasteiger partial charge < -0.3 is 14.8 Å². The predicted molar refractivity (Wildman–Crippen MR) is 156 cm³/mol. The van der Waals surface area contributed by atoms with Gasteiger partial charge >= 0.3 is 0 Å². The normalized spacial score (nSPS) is 22.3. The molecule has 1 aromatic heterocycles. The molecule has 1 fully saturated rings. The molecule has 194 valence electrons. The van der Waals surface area contributed by atoms with Gasteiger partial charge in [0.25, 0.3) is 0 Å². The standard InChI is InChI=1S/C34H37N3O/c1-36(2)32(26-13-7-4-8-14-26)27-19-22-34(23-20-27)33-29(28-15-9-10-16-30(28)35-33)21-24-37(34)31(38)18-17-25-11-5-3-6-12-25/h3-18,27,32,35H,19-24H2,1-2H3. The molecule has 4 nitrogen and oxygen atoms in total. The number of hydrogen-bond donors (Lipinski definition) is 1. The Hall–Kier alpha value is -3.63. The fraction of sp³-hybridized carbons (Fsp3) is 0.324. The largest absolute Gasteiger partial charge is 0.356 e. The summed E-state index contributed by atoms with van der Waals surface area (Å²) in [6, 6.07) is 30.0. The Labute approximate surface area is 226 Å². The highest BCUT2D eigenvalue weighted by Crippen LogP contribution is 2.51. The Morgan fingerprint density at radius 1 is 0.947 bits per heavy atom. The highest BCUT2D eigenvalue weighted by molar-refractivity contribution is 5.93. The third kappa shape index (κ3) is 4.37. The van der Waals surface area contributed by atoms with Gasteiger partial charge in [0.15, 0.2) is 0 Å². The third-order valence-electron chi connectivity index (χ3n) is 8.87. The Bertz CT molecular complexity index is 1430. The number of aromatic nitrogens is 1. The highest BCUT2D eigenvalue weighted by atomic mass is 16.2. The zero-order valence-electron chi connectivity index (χ0n) is 22.4. The van der Waals surface area contributed by atoms with Gasteiger partial charge in [-0.3, -0.25) is 4.79 Å². The highest BCUT2D eigenvalue weighted by Gasteiger charge is 2.49. The van der Waals surface area contributed by atoms with Crippen molar-refractivity contribution in [1.82, 2.24) is 14.8 Å². The van der Waals surface area contributed by atoms with Crippen LogP contribution in [0.4, 0.5) is 0 Å². The van der Waals surface area contributed by atoms with Gasteiger partial charge in [0.05, 0.1) is 5.54 Å². The quantitative estimate of drug-likeness (QED) is 0.299. The van der Waals surface area contributed by atoms with E-state index in [4.69, 9.17) is 0 Å². The molecule has 2 heterocycles. The number of hydrogen-bond acceptors (Lipinski definition) is 2. The molecule has 38 heavy (non-hydrogen) atoms. The number of rotatable bonds is 5. The summed E-state index contributed by atoms with van der Waals surface area (Å²) >= 11 is 0. The molecule has 1 saturated carbocycles. The average Bonchev–Trinajstić information content (AvgIpc) is 3.34. The maximum Gasteiger partial charge on any atom is 0.247 e. The van der Waals surface area contributed by atoms with Crippen LogP contribution in [0, 0.1) is 5.92 Å². The van der Waals surface area contributed by atoms with E-state index in [0.29, 0.717) is 12.0 Å². The first-order valence-corrected chi connectivity index (χ1v) is 13.9. The number of carbonyl (C=O) groups is 1. The van der Waals surface area contributed by atoms with E-state index in [2.05, 4.69) is 83.5 Å². The second-order valence-corrected chi connectivity index (χ2v) is 11.2. The van der Waals surface area contributed by atoms with E-state index in [0.717, 1.165) is 44.2 Å². The van der Waals surface area contributed by atoms with Crippen molar-refractivity contribution in [3.8, 4) is 0 Å². The molecular formula is C34H37N3O. The molecule has 1 aliphatic heterocycles. The molecular weight excluding hydrogens is 466 g/mol. The van der Waals surface area contributed by atoms with E-state index in [1.807, 2.05) is 36.4 Å². The maximum atomic E-state index is 13.8. The second kappa shape index (κ2) is 10.3. The number of carbonyl (C=O) groups excluding carboxylic acids is 1. The summed E-state index contributed by atoms with van der Waals surface area (Å²) in [5, 5.41) is 1.31. The number of nitrogens with one attached hydrogen (secondary N) is 1. The zero-order valence-corrected chi connectivity index (χ0v) is 22.4. The van der Waals surface area contributed by atoms with Gasteiger partial charge in [0.2, 0.25) is 5.91 Å². The lowest BCUT2D eigenvalue weighted by Crippen LogP contribution is -2.55. The fourth-order valence-corrected chi connectivity index (χ4v) is 7.17. The maximum absolute atomic E-state index is 13.8. The monoisotopic (exact) mass is 503 g/mol. The van der Waals surface area contributed by atoms with E-state index < -0.39 is 0 Å². The van der Waals surface area contributed by atoms with E-state index >= 15 is 0 Å². The molecule has 1 amide bonds.